The van der Waals surface area contributed by atoms with Gasteiger partial charge in [0.15, 0.2) is 0 Å². The Bertz CT molecular complexity index is 2900. The van der Waals surface area contributed by atoms with Gasteiger partial charge in [0.2, 0.25) is 0 Å². The van der Waals surface area contributed by atoms with Crippen molar-refractivity contribution in [3.8, 4) is 44.5 Å². The molecule has 0 saturated heterocycles. The van der Waals surface area contributed by atoms with E-state index in [1.54, 1.807) is 0 Å². The number of hydrogen-bond acceptors (Lipinski definition) is 1. The monoisotopic (exact) mass is 664 g/mol. The highest BCUT2D eigenvalue weighted by molar-refractivity contribution is 6.27. The lowest BCUT2D eigenvalue weighted by molar-refractivity contribution is 0.669. The Labute approximate surface area is 303 Å². The molecule has 0 amide bonds. The Morgan fingerprint density at radius 3 is 1.63 bits per heavy atom. The van der Waals surface area contributed by atoms with E-state index in [1.165, 1.54) is 82.4 Å². The summed E-state index contributed by atoms with van der Waals surface area (Å²) in [6.07, 6.45) is 2.28. The van der Waals surface area contributed by atoms with Crippen LogP contribution in [0.4, 0.5) is 0 Å². The van der Waals surface area contributed by atoms with E-state index >= 15 is 0 Å². The molecule has 0 bridgehead atoms. The van der Waals surface area contributed by atoms with Gasteiger partial charge in [0, 0.05) is 10.8 Å². The predicted octanol–water partition coefficient (Wildman–Crippen LogP) is 14.7. The summed E-state index contributed by atoms with van der Waals surface area (Å²) in [5.74, 6) is 0. The van der Waals surface area contributed by atoms with E-state index in [1.807, 2.05) is 6.07 Å². The van der Waals surface area contributed by atoms with Gasteiger partial charge >= 0.3 is 0 Å². The molecule has 1 heterocycles. The lowest BCUT2D eigenvalue weighted by atomic mass is 9.83. The Hall–Kier alpha value is -6.44. The predicted molar refractivity (Wildman–Crippen MR) is 222 cm³/mol. The van der Waals surface area contributed by atoms with Gasteiger partial charge in [-0.05, 0) is 113 Å². The topological polar surface area (TPSA) is 13.1 Å². The minimum Gasteiger partial charge on any atom is -0.456 e. The SMILES string of the molecule is CCCc1ccc(-c2cccc(-c3ccc4cccc(-c5c6ccccc6c(-c6cccc7oc8ccccc8c67)c6ccccc56)c4c3)c2)cc1. The van der Waals surface area contributed by atoms with Crippen LogP contribution in [0.3, 0.4) is 0 Å². The van der Waals surface area contributed by atoms with E-state index in [-0.39, 0.29) is 0 Å². The summed E-state index contributed by atoms with van der Waals surface area (Å²) < 4.78 is 6.37. The minimum absolute atomic E-state index is 0.912. The van der Waals surface area contributed by atoms with Gasteiger partial charge in [0.1, 0.15) is 11.2 Å². The number of furan rings is 1. The third-order valence-corrected chi connectivity index (χ3v) is 10.8. The summed E-state index contributed by atoms with van der Waals surface area (Å²) in [6.45, 7) is 2.23. The van der Waals surface area contributed by atoms with Gasteiger partial charge in [0.05, 0.1) is 0 Å². The van der Waals surface area contributed by atoms with Crippen molar-refractivity contribution in [2.24, 2.45) is 0 Å². The summed E-state index contributed by atoms with van der Waals surface area (Å²) in [5.41, 5.74) is 13.1. The Kier molecular flexibility index (Phi) is 7.25. The van der Waals surface area contributed by atoms with E-state index in [9.17, 15) is 0 Å². The first-order valence-corrected chi connectivity index (χ1v) is 18.3. The first kappa shape index (κ1) is 30.4. The van der Waals surface area contributed by atoms with Crippen molar-refractivity contribution in [2.45, 2.75) is 19.8 Å². The molecule has 10 aromatic rings. The zero-order valence-corrected chi connectivity index (χ0v) is 29.1. The first-order valence-electron chi connectivity index (χ1n) is 18.3. The molecule has 9 aromatic carbocycles. The van der Waals surface area contributed by atoms with Crippen LogP contribution in [0.15, 0.2) is 180 Å². The number of hydrogen-bond donors (Lipinski definition) is 0. The van der Waals surface area contributed by atoms with Crippen molar-refractivity contribution in [2.75, 3.05) is 0 Å². The summed E-state index contributed by atoms with van der Waals surface area (Å²) in [6, 6.07) is 64.4. The molecule has 0 spiro atoms. The second-order valence-corrected chi connectivity index (χ2v) is 13.9. The molecule has 246 valence electrons. The van der Waals surface area contributed by atoms with E-state index in [0.29, 0.717) is 0 Å². The molecule has 0 radical (unpaired) electrons. The molecule has 0 saturated carbocycles. The van der Waals surface area contributed by atoms with Gasteiger partial charge in [0.25, 0.3) is 0 Å². The molecule has 0 aliphatic carbocycles. The highest BCUT2D eigenvalue weighted by Crippen LogP contribution is 2.48. The Balaban J connectivity index is 1.19. The van der Waals surface area contributed by atoms with Gasteiger partial charge in [-0.25, -0.2) is 0 Å². The van der Waals surface area contributed by atoms with E-state index in [0.717, 1.165) is 34.8 Å². The van der Waals surface area contributed by atoms with Gasteiger partial charge < -0.3 is 4.42 Å². The maximum atomic E-state index is 6.37. The van der Waals surface area contributed by atoms with Crippen LogP contribution in [-0.2, 0) is 6.42 Å². The van der Waals surface area contributed by atoms with Crippen molar-refractivity contribution in [3.05, 3.63) is 181 Å². The third kappa shape index (κ3) is 4.93. The van der Waals surface area contributed by atoms with E-state index < -0.39 is 0 Å². The maximum Gasteiger partial charge on any atom is 0.136 e. The smallest absolute Gasteiger partial charge is 0.136 e. The summed E-state index contributed by atoms with van der Waals surface area (Å²) in [4.78, 5) is 0. The van der Waals surface area contributed by atoms with Crippen molar-refractivity contribution in [3.63, 3.8) is 0 Å². The quantitative estimate of drug-likeness (QED) is 0.161. The zero-order chi connectivity index (χ0) is 34.6. The Morgan fingerprint density at radius 1 is 0.385 bits per heavy atom. The number of aryl methyl sites for hydroxylation is 1. The fourth-order valence-corrected chi connectivity index (χ4v) is 8.39. The van der Waals surface area contributed by atoms with Gasteiger partial charge in [-0.2, -0.15) is 0 Å². The molecule has 1 aromatic heterocycles. The number of para-hydroxylation sites is 1. The molecule has 1 nitrogen and oxygen atoms in total. The zero-order valence-electron chi connectivity index (χ0n) is 29.1. The molecule has 52 heavy (non-hydrogen) atoms. The molecule has 0 unspecified atom stereocenters. The fraction of sp³-hybridized carbons (Fsp3) is 0.0588. The van der Waals surface area contributed by atoms with Crippen molar-refractivity contribution >= 4 is 54.3 Å². The van der Waals surface area contributed by atoms with Crippen molar-refractivity contribution in [1.82, 2.24) is 0 Å². The fourth-order valence-electron chi connectivity index (χ4n) is 8.39. The van der Waals surface area contributed by atoms with Crippen molar-refractivity contribution in [1.29, 1.82) is 0 Å². The molecule has 0 atom stereocenters. The lowest BCUT2D eigenvalue weighted by Gasteiger charge is -2.19. The normalized spacial score (nSPS) is 11.7. The Morgan fingerprint density at radius 2 is 0.923 bits per heavy atom. The van der Waals surface area contributed by atoms with Crippen LogP contribution in [0.25, 0.3) is 98.8 Å². The van der Waals surface area contributed by atoms with Crippen LogP contribution < -0.4 is 0 Å². The second kappa shape index (κ2) is 12.4. The van der Waals surface area contributed by atoms with E-state index in [2.05, 4.69) is 177 Å². The summed E-state index contributed by atoms with van der Waals surface area (Å²) in [5, 5.41) is 9.75. The summed E-state index contributed by atoms with van der Waals surface area (Å²) >= 11 is 0. The minimum atomic E-state index is 0.912. The number of rotatable bonds is 6. The largest absolute Gasteiger partial charge is 0.456 e. The van der Waals surface area contributed by atoms with Crippen LogP contribution in [0.2, 0.25) is 0 Å². The van der Waals surface area contributed by atoms with Crippen LogP contribution >= 0.6 is 0 Å². The van der Waals surface area contributed by atoms with Gasteiger partial charge in [-0.1, -0.05) is 165 Å². The number of benzene rings is 9. The first-order chi connectivity index (χ1) is 25.7. The van der Waals surface area contributed by atoms with Crippen LogP contribution in [0.1, 0.15) is 18.9 Å². The highest BCUT2D eigenvalue weighted by Gasteiger charge is 2.21. The van der Waals surface area contributed by atoms with Crippen LogP contribution in [0.5, 0.6) is 0 Å². The molecule has 0 aliphatic heterocycles. The molecule has 0 N–H and O–H groups in total. The molecular weight excluding hydrogens is 629 g/mol. The van der Waals surface area contributed by atoms with Gasteiger partial charge in [-0.15, -0.1) is 0 Å². The average molecular weight is 665 g/mol. The maximum absolute atomic E-state index is 6.37. The molecular formula is C51H36O. The third-order valence-electron chi connectivity index (χ3n) is 10.8. The highest BCUT2D eigenvalue weighted by atomic mass is 16.3. The van der Waals surface area contributed by atoms with Crippen LogP contribution in [0, 0.1) is 0 Å². The molecule has 10 rings (SSSR count). The lowest BCUT2D eigenvalue weighted by Crippen LogP contribution is -1.92. The van der Waals surface area contributed by atoms with Crippen LogP contribution in [-0.4, -0.2) is 0 Å². The second-order valence-electron chi connectivity index (χ2n) is 13.9. The molecule has 1 heteroatoms. The van der Waals surface area contributed by atoms with Crippen molar-refractivity contribution < 1.29 is 4.42 Å². The standard InChI is InChI=1S/C51H36O/c1-2-12-33-25-27-34(28-26-33)36-14-9-15-37(31-36)38-30-29-35-13-10-21-43(46(35)32-38)49-39-16-3-5-18-41(39)50(42-19-6-4-17-40(42)49)45-22-11-24-48-51(45)44-20-7-8-23-47(44)52-48/h3-11,13-32H,2,12H2,1H3. The van der Waals surface area contributed by atoms with Gasteiger partial charge in [-0.3, -0.25) is 0 Å². The molecule has 0 fully saturated rings. The molecule has 0 aliphatic rings. The summed E-state index contributed by atoms with van der Waals surface area (Å²) in [7, 11) is 0. The van der Waals surface area contributed by atoms with E-state index in [4.69, 9.17) is 4.42 Å². The number of fused-ring (bicyclic) bond motifs is 6. The average Bonchev–Trinajstić information content (AvgIpc) is 3.59.